The van der Waals surface area contributed by atoms with Gasteiger partial charge in [0.25, 0.3) is 5.91 Å². The van der Waals surface area contributed by atoms with E-state index in [-0.39, 0.29) is 11.6 Å². The monoisotopic (exact) mass is 356 g/mol. The van der Waals surface area contributed by atoms with Crippen molar-refractivity contribution in [3.8, 4) is 0 Å². The zero-order valence-electron chi connectivity index (χ0n) is 14.4. The molecule has 1 aromatic carbocycles. The third-order valence-electron chi connectivity index (χ3n) is 4.89. The summed E-state index contributed by atoms with van der Waals surface area (Å²) in [6.07, 6.45) is 4.39. The maximum Gasteiger partial charge on any atom is 0.254 e. The second kappa shape index (κ2) is 7.37. The molecule has 1 N–H and O–H groups in total. The number of amides is 1. The van der Waals surface area contributed by atoms with Crippen LogP contribution in [0.25, 0.3) is 0 Å². The smallest absolute Gasteiger partial charge is 0.254 e. The molecular formula is C19H21FN4O2. The number of aromatic nitrogens is 2. The van der Waals surface area contributed by atoms with E-state index in [1.165, 1.54) is 12.1 Å². The van der Waals surface area contributed by atoms with E-state index in [1.807, 2.05) is 0 Å². The molecule has 1 amide bonds. The van der Waals surface area contributed by atoms with Crippen LogP contribution in [-0.2, 0) is 11.2 Å². The molecule has 136 valence electrons. The molecule has 26 heavy (non-hydrogen) atoms. The average Bonchev–Trinajstić information content (AvgIpc) is 2.69. The summed E-state index contributed by atoms with van der Waals surface area (Å²) in [6.45, 7) is 2.93. The predicted molar refractivity (Wildman–Crippen MR) is 94.6 cm³/mol. The number of ether oxygens (including phenoxy) is 1. The maximum absolute atomic E-state index is 13.8. The molecule has 0 radical (unpaired) electrons. The van der Waals surface area contributed by atoms with E-state index in [2.05, 4.69) is 15.2 Å². The standard InChI is InChI=1S/C19H21FN4O2/c20-15-5-2-1-4-13(15)18(25)22-16-6-3-7-17-14(16)12-21-19(23-17)24-8-10-26-11-9-24/h1-2,4-5,12,16H,3,6-11H2,(H,22,25). The maximum atomic E-state index is 13.8. The van der Waals surface area contributed by atoms with Crippen molar-refractivity contribution in [1.29, 1.82) is 0 Å². The molecule has 1 fully saturated rings. The Morgan fingerprint density at radius 1 is 1.27 bits per heavy atom. The molecule has 1 atom stereocenters. The number of benzene rings is 1. The van der Waals surface area contributed by atoms with Gasteiger partial charge in [-0.25, -0.2) is 14.4 Å². The minimum Gasteiger partial charge on any atom is -0.378 e. The molecule has 2 aliphatic rings. The fraction of sp³-hybridized carbons (Fsp3) is 0.421. The van der Waals surface area contributed by atoms with Crippen molar-refractivity contribution < 1.29 is 13.9 Å². The summed E-state index contributed by atoms with van der Waals surface area (Å²) in [5, 5.41) is 2.94. The SMILES string of the molecule is O=C(NC1CCCc2nc(N3CCOCC3)ncc21)c1ccccc1F. The van der Waals surface area contributed by atoms with Gasteiger partial charge in [0.2, 0.25) is 5.95 Å². The lowest BCUT2D eigenvalue weighted by molar-refractivity contribution is 0.0928. The second-order valence-electron chi connectivity index (χ2n) is 6.57. The number of carbonyl (C=O) groups is 1. The van der Waals surface area contributed by atoms with Gasteiger partial charge in [-0.2, -0.15) is 0 Å². The molecule has 4 rings (SSSR count). The number of aryl methyl sites for hydroxylation is 1. The molecule has 0 saturated carbocycles. The Labute approximate surface area is 151 Å². The lowest BCUT2D eigenvalue weighted by Gasteiger charge is -2.29. The highest BCUT2D eigenvalue weighted by molar-refractivity contribution is 5.94. The van der Waals surface area contributed by atoms with Crippen LogP contribution in [0.4, 0.5) is 10.3 Å². The fourth-order valence-corrected chi connectivity index (χ4v) is 3.48. The average molecular weight is 356 g/mol. The Hall–Kier alpha value is -2.54. The molecule has 1 unspecified atom stereocenters. The Morgan fingerprint density at radius 2 is 2.08 bits per heavy atom. The van der Waals surface area contributed by atoms with Crippen molar-refractivity contribution in [1.82, 2.24) is 15.3 Å². The molecular weight excluding hydrogens is 335 g/mol. The van der Waals surface area contributed by atoms with Gasteiger partial charge >= 0.3 is 0 Å². The van der Waals surface area contributed by atoms with Crippen molar-refractivity contribution in [3.63, 3.8) is 0 Å². The molecule has 0 spiro atoms. The van der Waals surface area contributed by atoms with Gasteiger partial charge in [-0.15, -0.1) is 0 Å². The third kappa shape index (κ3) is 3.39. The lowest BCUT2D eigenvalue weighted by Crippen LogP contribution is -2.38. The van der Waals surface area contributed by atoms with Crippen molar-refractivity contribution in [2.24, 2.45) is 0 Å². The van der Waals surface area contributed by atoms with Crippen molar-refractivity contribution >= 4 is 11.9 Å². The summed E-state index contributed by atoms with van der Waals surface area (Å²) >= 11 is 0. The number of halogens is 1. The van der Waals surface area contributed by atoms with Gasteiger partial charge in [-0.3, -0.25) is 4.79 Å². The van der Waals surface area contributed by atoms with Gasteiger partial charge in [0, 0.05) is 24.8 Å². The van der Waals surface area contributed by atoms with E-state index < -0.39 is 11.7 Å². The van der Waals surface area contributed by atoms with E-state index in [1.54, 1.807) is 18.3 Å². The van der Waals surface area contributed by atoms with Gasteiger partial charge < -0.3 is 15.0 Å². The van der Waals surface area contributed by atoms with Crippen LogP contribution in [0.2, 0.25) is 0 Å². The Bertz CT molecular complexity index is 808. The third-order valence-corrected chi connectivity index (χ3v) is 4.89. The highest BCUT2D eigenvalue weighted by Gasteiger charge is 2.26. The topological polar surface area (TPSA) is 67.4 Å². The molecule has 1 aromatic heterocycles. The number of rotatable bonds is 3. The first kappa shape index (κ1) is 16.9. The summed E-state index contributed by atoms with van der Waals surface area (Å²) in [5.41, 5.74) is 1.95. The number of hydrogen-bond donors (Lipinski definition) is 1. The number of hydrogen-bond acceptors (Lipinski definition) is 5. The number of nitrogens with zero attached hydrogens (tertiary/aromatic N) is 3. The summed E-state index contributed by atoms with van der Waals surface area (Å²) in [5.74, 6) is -0.203. The summed E-state index contributed by atoms with van der Waals surface area (Å²) in [4.78, 5) is 23.8. The summed E-state index contributed by atoms with van der Waals surface area (Å²) < 4.78 is 19.2. The Morgan fingerprint density at radius 3 is 2.88 bits per heavy atom. The molecule has 1 aliphatic carbocycles. The van der Waals surface area contributed by atoms with Gasteiger partial charge in [-0.05, 0) is 31.4 Å². The zero-order chi connectivity index (χ0) is 17.9. The van der Waals surface area contributed by atoms with Crippen LogP contribution in [0.3, 0.4) is 0 Å². The fourth-order valence-electron chi connectivity index (χ4n) is 3.48. The molecule has 2 heterocycles. The van der Waals surface area contributed by atoms with E-state index in [9.17, 15) is 9.18 Å². The van der Waals surface area contributed by atoms with Crippen LogP contribution >= 0.6 is 0 Å². The van der Waals surface area contributed by atoms with Crippen LogP contribution < -0.4 is 10.2 Å². The van der Waals surface area contributed by atoms with Crippen LogP contribution in [0.1, 0.15) is 40.5 Å². The minimum absolute atomic E-state index is 0.0606. The molecule has 2 aromatic rings. The van der Waals surface area contributed by atoms with Crippen LogP contribution in [0.5, 0.6) is 0 Å². The van der Waals surface area contributed by atoms with E-state index in [0.29, 0.717) is 19.2 Å². The van der Waals surface area contributed by atoms with Crippen molar-refractivity contribution in [2.75, 3.05) is 31.2 Å². The molecule has 7 heteroatoms. The van der Waals surface area contributed by atoms with Gasteiger partial charge in [0.05, 0.1) is 30.5 Å². The Balaban J connectivity index is 1.53. The Kier molecular flexibility index (Phi) is 4.79. The number of carbonyl (C=O) groups excluding carboxylic acids is 1. The number of fused-ring (bicyclic) bond motifs is 1. The molecule has 1 saturated heterocycles. The zero-order valence-corrected chi connectivity index (χ0v) is 14.4. The van der Waals surface area contributed by atoms with Crippen molar-refractivity contribution in [3.05, 3.63) is 53.1 Å². The van der Waals surface area contributed by atoms with E-state index >= 15 is 0 Å². The van der Waals surface area contributed by atoms with Crippen LogP contribution in [0.15, 0.2) is 30.5 Å². The lowest BCUT2D eigenvalue weighted by atomic mass is 9.92. The van der Waals surface area contributed by atoms with E-state index in [4.69, 9.17) is 9.72 Å². The van der Waals surface area contributed by atoms with Gasteiger partial charge in [-0.1, -0.05) is 12.1 Å². The van der Waals surface area contributed by atoms with Crippen molar-refractivity contribution in [2.45, 2.75) is 25.3 Å². The highest BCUT2D eigenvalue weighted by atomic mass is 19.1. The van der Waals surface area contributed by atoms with Crippen LogP contribution in [-0.4, -0.2) is 42.2 Å². The summed E-state index contributed by atoms with van der Waals surface area (Å²) in [7, 11) is 0. The van der Waals surface area contributed by atoms with Gasteiger partial charge in [0.15, 0.2) is 0 Å². The normalized spacial score (nSPS) is 19.7. The molecule has 0 bridgehead atoms. The largest absolute Gasteiger partial charge is 0.378 e. The minimum atomic E-state index is -0.514. The van der Waals surface area contributed by atoms with E-state index in [0.717, 1.165) is 43.6 Å². The highest BCUT2D eigenvalue weighted by Crippen LogP contribution is 2.29. The molecule has 1 aliphatic heterocycles. The quantitative estimate of drug-likeness (QED) is 0.914. The number of nitrogens with one attached hydrogen (secondary N) is 1. The number of morpholine rings is 1. The first-order valence-electron chi connectivity index (χ1n) is 8.96. The molecule has 6 nitrogen and oxygen atoms in total. The first-order chi connectivity index (χ1) is 12.7. The van der Waals surface area contributed by atoms with Gasteiger partial charge in [0.1, 0.15) is 5.82 Å². The van der Waals surface area contributed by atoms with Crippen LogP contribution in [0, 0.1) is 5.82 Å². The predicted octanol–water partition coefficient (Wildman–Crippen LogP) is 2.26. The summed E-state index contributed by atoms with van der Waals surface area (Å²) in [6, 6.07) is 5.83. The first-order valence-corrected chi connectivity index (χ1v) is 8.96. The second-order valence-corrected chi connectivity index (χ2v) is 6.57. The number of anilines is 1.